The van der Waals surface area contributed by atoms with Gasteiger partial charge in [-0.1, -0.05) is 23.7 Å². The van der Waals surface area contributed by atoms with Crippen molar-refractivity contribution in [1.82, 2.24) is 4.31 Å². The van der Waals surface area contributed by atoms with E-state index >= 15 is 0 Å². The summed E-state index contributed by atoms with van der Waals surface area (Å²) in [5, 5.41) is 8.90. The van der Waals surface area contributed by atoms with Crippen LogP contribution < -0.4 is 0 Å². The molecule has 6 nitrogen and oxygen atoms in total. The van der Waals surface area contributed by atoms with Crippen LogP contribution in [0.5, 0.6) is 0 Å². The number of sulfonamides is 1. The van der Waals surface area contributed by atoms with Gasteiger partial charge in [-0.05, 0) is 29.8 Å². The first-order valence-corrected chi connectivity index (χ1v) is 7.66. The van der Waals surface area contributed by atoms with Crippen LogP contribution in [0.4, 0.5) is 0 Å². The quantitative estimate of drug-likeness (QED) is 0.910. The van der Waals surface area contributed by atoms with Gasteiger partial charge >= 0.3 is 5.97 Å². The first-order chi connectivity index (χ1) is 9.80. The van der Waals surface area contributed by atoms with Gasteiger partial charge in [-0.15, -0.1) is 0 Å². The minimum Gasteiger partial charge on any atom is -0.475 e. The number of hydrogen-bond acceptors (Lipinski definition) is 4. The van der Waals surface area contributed by atoms with Crippen LogP contribution in [0.15, 0.2) is 45.9 Å². The molecule has 21 heavy (non-hydrogen) atoms. The molecule has 0 fully saturated rings. The lowest BCUT2D eigenvalue weighted by molar-refractivity contribution is 0.0656. The van der Waals surface area contributed by atoms with E-state index in [1.807, 2.05) is 0 Å². The molecule has 0 unspecified atom stereocenters. The molecule has 0 saturated carbocycles. The van der Waals surface area contributed by atoms with Crippen molar-refractivity contribution < 1.29 is 22.7 Å². The molecule has 0 aliphatic heterocycles. The molecule has 0 spiro atoms. The summed E-state index contributed by atoms with van der Waals surface area (Å²) in [6.45, 7) is 0.114. The Morgan fingerprint density at radius 1 is 1.24 bits per heavy atom. The van der Waals surface area contributed by atoms with E-state index in [0.717, 1.165) is 22.0 Å². The van der Waals surface area contributed by atoms with Crippen molar-refractivity contribution in [3.05, 3.63) is 52.7 Å². The predicted octanol–water partition coefficient (Wildman–Crippen LogP) is 2.45. The van der Waals surface area contributed by atoms with Gasteiger partial charge in [-0.25, -0.2) is 13.2 Å². The normalized spacial score (nSPS) is 11.8. The number of hydrogen-bond donors (Lipinski definition) is 1. The van der Waals surface area contributed by atoms with Crippen molar-refractivity contribution in [2.45, 2.75) is 11.6 Å². The van der Waals surface area contributed by atoms with E-state index in [1.54, 1.807) is 24.3 Å². The van der Waals surface area contributed by atoms with Crippen molar-refractivity contribution in [1.29, 1.82) is 0 Å². The fraction of sp³-hybridized carbons (Fsp3) is 0.154. The van der Waals surface area contributed by atoms with Gasteiger partial charge in [0, 0.05) is 18.6 Å². The molecule has 0 amide bonds. The summed E-state index contributed by atoms with van der Waals surface area (Å²) in [5.74, 6) is -1.75. The maximum atomic E-state index is 12.3. The second-order valence-electron chi connectivity index (χ2n) is 4.31. The molecule has 112 valence electrons. The van der Waals surface area contributed by atoms with Gasteiger partial charge in [0.2, 0.25) is 10.9 Å². The zero-order chi connectivity index (χ0) is 15.6. The van der Waals surface area contributed by atoms with Crippen LogP contribution >= 0.6 is 11.6 Å². The number of rotatable bonds is 5. The second-order valence-corrected chi connectivity index (χ2v) is 6.72. The average Bonchev–Trinajstić information content (AvgIpc) is 2.91. The van der Waals surface area contributed by atoms with E-state index in [4.69, 9.17) is 21.1 Å². The van der Waals surface area contributed by atoms with Gasteiger partial charge in [0.15, 0.2) is 0 Å². The first-order valence-electron chi connectivity index (χ1n) is 5.84. The van der Waals surface area contributed by atoms with Crippen LogP contribution in [0.2, 0.25) is 5.02 Å². The molecule has 0 atom stereocenters. The molecule has 0 saturated heterocycles. The number of nitrogens with zero attached hydrogens (tertiary/aromatic N) is 1. The van der Waals surface area contributed by atoms with Crippen molar-refractivity contribution in [3.8, 4) is 0 Å². The zero-order valence-electron chi connectivity index (χ0n) is 11.0. The molecule has 2 aromatic rings. The summed E-state index contributed by atoms with van der Waals surface area (Å²) in [4.78, 5) is 10.7. The highest BCUT2D eigenvalue weighted by Crippen LogP contribution is 2.20. The van der Waals surface area contributed by atoms with Crippen molar-refractivity contribution >= 4 is 27.6 Å². The molecule has 1 aromatic heterocycles. The molecule has 0 aliphatic rings. The van der Waals surface area contributed by atoms with Crippen molar-refractivity contribution in [2.24, 2.45) is 0 Å². The summed E-state index contributed by atoms with van der Waals surface area (Å²) < 4.78 is 30.4. The summed E-state index contributed by atoms with van der Waals surface area (Å²) >= 11 is 5.76. The molecule has 1 heterocycles. The molecule has 1 aromatic carbocycles. The van der Waals surface area contributed by atoms with Crippen LogP contribution in [-0.4, -0.2) is 30.8 Å². The van der Waals surface area contributed by atoms with Crippen molar-refractivity contribution in [3.63, 3.8) is 0 Å². The number of carbonyl (C=O) groups is 1. The number of benzene rings is 1. The minimum absolute atomic E-state index is 0.114. The first kappa shape index (κ1) is 15.6. The Morgan fingerprint density at radius 2 is 1.86 bits per heavy atom. The third kappa shape index (κ3) is 3.44. The number of furan rings is 1. The molecule has 2 rings (SSSR count). The molecule has 8 heteroatoms. The number of carboxylic acids is 1. The molecule has 0 aliphatic carbocycles. The fourth-order valence-corrected chi connectivity index (χ4v) is 2.85. The molecular formula is C13H12ClNO5S. The highest BCUT2D eigenvalue weighted by atomic mass is 35.5. The Bertz CT molecular complexity index is 751. The third-order valence-electron chi connectivity index (χ3n) is 2.78. The largest absolute Gasteiger partial charge is 0.475 e. The van der Waals surface area contributed by atoms with Gasteiger partial charge in [0.25, 0.3) is 10.0 Å². The predicted molar refractivity (Wildman–Crippen MR) is 75.8 cm³/mol. The summed E-state index contributed by atoms with van der Waals surface area (Å²) in [7, 11) is -2.51. The Hall–Kier alpha value is -1.83. The van der Waals surface area contributed by atoms with E-state index in [2.05, 4.69) is 0 Å². The van der Waals surface area contributed by atoms with Gasteiger partial charge in [-0.2, -0.15) is 4.31 Å². The monoisotopic (exact) mass is 329 g/mol. The van der Waals surface area contributed by atoms with E-state index in [-0.39, 0.29) is 6.54 Å². The van der Waals surface area contributed by atoms with E-state index in [0.29, 0.717) is 5.02 Å². The molecule has 0 bridgehead atoms. The summed E-state index contributed by atoms with van der Waals surface area (Å²) in [6.07, 6.45) is 0. The maximum absolute atomic E-state index is 12.3. The van der Waals surface area contributed by atoms with E-state index in [9.17, 15) is 13.2 Å². The minimum atomic E-state index is -3.89. The Kier molecular flexibility index (Phi) is 4.36. The number of aromatic carboxylic acids is 1. The van der Waals surface area contributed by atoms with Crippen LogP contribution in [0, 0.1) is 0 Å². The maximum Gasteiger partial charge on any atom is 0.371 e. The Morgan fingerprint density at radius 3 is 2.38 bits per heavy atom. The standard InChI is InChI=1S/C13H12ClNO5S/c1-15(8-9-2-4-10(14)5-3-9)21(18,19)12-7-6-11(20-12)13(16)17/h2-7H,8H2,1H3,(H,16,17). The van der Waals surface area contributed by atoms with E-state index < -0.39 is 26.8 Å². The highest BCUT2D eigenvalue weighted by Gasteiger charge is 2.25. The Labute approximate surface area is 126 Å². The topological polar surface area (TPSA) is 87.8 Å². The SMILES string of the molecule is CN(Cc1ccc(Cl)cc1)S(=O)(=O)c1ccc(C(=O)O)o1. The lowest BCUT2D eigenvalue weighted by Crippen LogP contribution is -2.26. The van der Waals surface area contributed by atoms with Gasteiger partial charge in [-0.3, -0.25) is 0 Å². The molecule has 1 N–H and O–H groups in total. The van der Waals surface area contributed by atoms with Crippen LogP contribution in [0.25, 0.3) is 0 Å². The summed E-state index contributed by atoms with van der Waals surface area (Å²) in [5.41, 5.74) is 0.746. The number of carboxylic acid groups (broad SMARTS) is 1. The molecular weight excluding hydrogens is 318 g/mol. The lowest BCUT2D eigenvalue weighted by atomic mass is 10.2. The highest BCUT2D eigenvalue weighted by molar-refractivity contribution is 7.88. The van der Waals surface area contributed by atoms with Crippen molar-refractivity contribution in [2.75, 3.05) is 7.05 Å². The second kappa shape index (κ2) is 5.88. The van der Waals surface area contributed by atoms with Crippen LogP contribution in [-0.2, 0) is 16.6 Å². The average molecular weight is 330 g/mol. The van der Waals surface area contributed by atoms with Crippen LogP contribution in [0.1, 0.15) is 16.1 Å². The molecule has 0 radical (unpaired) electrons. The zero-order valence-corrected chi connectivity index (χ0v) is 12.6. The van der Waals surface area contributed by atoms with Gasteiger partial charge < -0.3 is 9.52 Å². The number of halogens is 1. The van der Waals surface area contributed by atoms with Gasteiger partial charge in [0.05, 0.1) is 0 Å². The van der Waals surface area contributed by atoms with Gasteiger partial charge in [0.1, 0.15) is 0 Å². The third-order valence-corrected chi connectivity index (χ3v) is 4.70. The van der Waals surface area contributed by atoms with E-state index in [1.165, 1.54) is 7.05 Å². The smallest absolute Gasteiger partial charge is 0.371 e. The summed E-state index contributed by atoms with van der Waals surface area (Å²) in [6, 6.07) is 8.96. The Balaban J connectivity index is 2.21. The van der Waals surface area contributed by atoms with Crippen LogP contribution in [0.3, 0.4) is 0 Å². The lowest BCUT2D eigenvalue weighted by Gasteiger charge is -2.15. The fourth-order valence-electron chi connectivity index (χ4n) is 1.66.